The lowest BCUT2D eigenvalue weighted by Crippen LogP contribution is -2.53. The molecule has 2 aliphatic heterocycles. The van der Waals surface area contributed by atoms with Gasteiger partial charge in [-0.1, -0.05) is 55.7 Å². The van der Waals surface area contributed by atoms with Crippen LogP contribution in [0.2, 0.25) is 0 Å². The van der Waals surface area contributed by atoms with Crippen molar-refractivity contribution in [3.05, 3.63) is 89.0 Å². The molecule has 1 unspecified atom stereocenters. The maximum atomic E-state index is 14.1. The summed E-state index contributed by atoms with van der Waals surface area (Å²) in [7, 11) is 0.338. The van der Waals surface area contributed by atoms with Gasteiger partial charge in [-0.2, -0.15) is 12.7 Å². The summed E-state index contributed by atoms with van der Waals surface area (Å²) >= 11 is 0. The summed E-state index contributed by atoms with van der Waals surface area (Å²) in [6.07, 6.45) is 6.08. The van der Waals surface area contributed by atoms with Gasteiger partial charge in [0.25, 0.3) is 5.91 Å². The first-order valence-electron chi connectivity index (χ1n) is 18.4. The van der Waals surface area contributed by atoms with Gasteiger partial charge in [-0.15, -0.1) is 0 Å². The number of carbonyl (C=O) groups excluding carboxylic acids is 3. The number of hydrogen-bond acceptors (Lipinski definition) is 7. The fourth-order valence-electron chi connectivity index (χ4n) is 8.77. The fraction of sp³-hybridized carbons (Fsp3) is 0.425. The predicted molar refractivity (Wildman–Crippen MR) is 200 cm³/mol. The van der Waals surface area contributed by atoms with Crippen LogP contribution in [0.1, 0.15) is 83.5 Å². The van der Waals surface area contributed by atoms with Crippen LogP contribution >= 0.6 is 0 Å². The molecule has 8 rings (SSSR count). The smallest absolute Gasteiger partial charge is 0.312 e. The van der Waals surface area contributed by atoms with E-state index in [-0.39, 0.29) is 23.4 Å². The lowest BCUT2D eigenvalue weighted by atomic mass is 9.81. The first-order chi connectivity index (χ1) is 25.5. The molecule has 3 fully saturated rings. The zero-order valence-corrected chi connectivity index (χ0v) is 31.1. The van der Waals surface area contributed by atoms with Gasteiger partial charge in [-0.05, 0) is 72.2 Å². The zero-order chi connectivity index (χ0) is 37.1. The molecule has 3 atom stereocenters. The lowest BCUT2D eigenvalue weighted by molar-refractivity contribution is -0.152. The minimum Gasteiger partial charge on any atom is -0.497 e. The minimum absolute atomic E-state index is 0.0927. The quantitative estimate of drug-likeness (QED) is 0.258. The van der Waals surface area contributed by atoms with Crippen molar-refractivity contribution in [3.63, 3.8) is 0 Å². The van der Waals surface area contributed by atoms with Gasteiger partial charge in [0.15, 0.2) is 0 Å². The molecule has 2 saturated carbocycles. The molecule has 2 aliphatic carbocycles. The van der Waals surface area contributed by atoms with E-state index in [2.05, 4.69) is 20.7 Å². The molecule has 2 N–H and O–H groups in total. The minimum atomic E-state index is -4.02. The Morgan fingerprint density at radius 2 is 1.75 bits per heavy atom. The number of morpholine rings is 1. The van der Waals surface area contributed by atoms with E-state index < -0.39 is 33.5 Å². The van der Waals surface area contributed by atoms with Crippen LogP contribution in [0.25, 0.3) is 22.2 Å². The highest BCUT2D eigenvalue weighted by atomic mass is 32.2. The Labute approximate surface area is 309 Å². The SMILES string of the molecule is COc1ccc2c(c1)[C@@H]1C[C@]1(NC(=O)C(=O)N1CCOCC1c1ccccc1)Cn1c-2c(C2CCCCC2)c2ccc(C(=O)NS(=O)(=O)N(C)C)cc21. The van der Waals surface area contributed by atoms with Crippen molar-refractivity contribution in [2.24, 2.45) is 0 Å². The molecular weight excluding hydrogens is 695 g/mol. The summed E-state index contributed by atoms with van der Waals surface area (Å²) in [5.41, 5.74) is 5.41. The molecular formula is C40H45N5O7S. The van der Waals surface area contributed by atoms with Gasteiger partial charge in [0, 0.05) is 55.1 Å². The highest BCUT2D eigenvalue weighted by Gasteiger charge is 2.59. The highest BCUT2D eigenvalue weighted by molar-refractivity contribution is 7.87. The molecule has 12 nitrogen and oxygen atoms in total. The fourth-order valence-corrected chi connectivity index (χ4v) is 9.31. The molecule has 3 heterocycles. The van der Waals surface area contributed by atoms with Crippen LogP contribution in [0.5, 0.6) is 5.75 Å². The Kier molecular flexibility index (Phi) is 9.06. The second-order valence-corrected chi connectivity index (χ2v) is 16.8. The number of benzene rings is 3. The standard InChI is InChI=1S/C40H45N5O7S/c1-43(2)53(49,50)42-37(46)27-14-16-30-33(20-27)45-24-40(41-38(47)39(48)44-18-19-52-23-34(44)25-10-6-4-7-11-25)22-32(40)31-21-28(51-3)15-17-29(31)36(45)35(30)26-12-8-5-9-13-26/h4,6-7,10-11,14-17,20-21,26,32,34H,5,8-9,12-13,18-19,22-24H2,1-3H3,(H,41,47)(H,42,46)/t32-,34?,40-/m0/s1. The predicted octanol–water partition coefficient (Wildman–Crippen LogP) is 4.86. The first kappa shape index (κ1) is 35.3. The second-order valence-electron chi connectivity index (χ2n) is 15.0. The maximum Gasteiger partial charge on any atom is 0.312 e. The molecule has 0 radical (unpaired) electrons. The van der Waals surface area contributed by atoms with Crippen molar-refractivity contribution >= 4 is 38.8 Å². The molecule has 4 aliphatic rings. The van der Waals surface area contributed by atoms with Gasteiger partial charge in [0.1, 0.15) is 5.75 Å². The molecule has 3 amide bonds. The van der Waals surface area contributed by atoms with Gasteiger partial charge in [-0.3, -0.25) is 14.4 Å². The van der Waals surface area contributed by atoms with Crippen molar-refractivity contribution < 1.29 is 32.3 Å². The summed E-state index contributed by atoms with van der Waals surface area (Å²) in [5, 5.41) is 4.23. The summed E-state index contributed by atoms with van der Waals surface area (Å²) in [5.74, 6) is -1.10. The Balaban J connectivity index is 1.23. The normalized spacial score (nSPS) is 22.7. The van der Waals surface area contributed by atoms with Gasteiger partial charge in [0.2, 0.25) is 0 Å². The number of aromatic nitrogens is 1. The topological polar surface area (TPSA) is 139 Å². The molecule has 13 heteroatoms. The van der Waals surface area contributed by atoms with Crippen LogP contribution in [0.3, 0.4) is 0 Å². The maximum absolute atomic E-state index is 14.1. The van der Waals surface area contributed by atoms with E-state index in [4.69, 9.17) is 9.47 Å². The number of amides is 3. The van der Waals surface area contributed by atoms with Crippen molar-refractivity contribution in [1.29, 1.82) is 0 Å². The number of fused-ring (bicyclic) bond motifs is 7. The van der Waals surface area contributed by atoms with E-state index in [1.165, 1.54) is 26.1 Å². The van der Waals surface area contributed by atoms with Crippen molar-refractivity contribution in [1.82, 2.24) is 23.8 Å². The van der Waals surface area contributed by atoms with Crippen LogP contribution in [-0.2, 0) is 31.1 Å². The van der Waals surface area contributed by atoms with Crippen molar-refractivity contribution in [3.8, 4) is 17.0 Å². The van der Waals surface area contributed by atoms with E-state index in [1.807, 2.05) is 48.5 Å². The molecule has 3 aromatic carbocycles. The van der Waals surface area contributed by atoms with Crippen LogP contribution < -0.4 is 14.8 Å². The largest absolute Gasteiger partial charge is 0.497 e. The van der Waals surface area contributed by atoms with Gasteiger partial charge in [0.05, 0.1) is 37.6 Å². The Bertz CT molecular complexity index is 2210. The number of nitrogens with zero attached hydrogens (tertiary/aromatic N) is 3. The Hall–Kier alpha value is -4.72. The molecule has 4 aromatic rings. The Morgan fingerprint density at radius 1 is 0.981 bits per heavy atom. The summed E-state index contributed by atoms with van der Waals surface area (Å²) in [4.78, 5) is 43.2. The van der Waals surface area contributed by atoms with Gasteiger partial charge >= 0.3 is 22.0 Å². The van der Waals surface area contributed by atoms with E-state index >= 15 is 0 Å². The number of methoxy groups -OCH3 is 1. The van der Waals surface area contributed by atoms with E-state index in [0.717, 1.165) is 63.3 Å². The van der Waals surface area contributed by atoms with E-state index in [0.29, 0.717) is 38.5 Å². The lowest BCUT2D eigenvalue weighted by Gasteiger charge is -2.35. The molecule has 1 saturated heterocycles. The average molecular weight is 740 g/mol. The third-order valence-corrected chi connectivity index (χ3v) is 13.0. The van der Waals surface area contributed by atoms with Crippen LogP contribution in [0, 0.1) is 0 Å². The number of carbonyl (C=O) groups is 3. The highest BCUT2D eigenvalue weighted by Crippen LogP contribution is 2.60. The van der Waals surface area contributed by atoms with Gasteiger partial charge < -0.3 is 24.3 Å². The van der Waals surface area contributed by atoms with Crippen LogP contribution in [-0.4, -0.2) is 86.4 Å². The average Bonchev–Trinajstić information content (AvgIpc) is 3.81. The zero-order valence-electron chi connectivity index (χ0n) is 30.3. The summed E-state index contributed by atoms with van der Waals surface area (Å²) in [6.45, 7) is 1.31. The molecule has 0 bridgehead atoms. The number of rotatable bonds is 7. The summed E-state index contributed by atoms with van der Waals surface area (Å²) in [6, 6.07) is 20.7. The second kappa shape index (κ2) is 13.6. The molecule has 53 heavy (non-hydrogen) atoms. The number of hydrogen-bond donors (Lipinski definition) is 2. The van der Waals surface area contributed by atoms with Crippen molar-refractivity contribution in [2.75, 3.05) is 41.0 Å². The first-order valence-corrected chi connectivity index (χ1v) is 19.8. The Morgan fingerprint density at radius 3 is 2.49 bits per heavy atom. The third kappa shape index (κ3) is 6.28. The molecule has 1 aromatic heterocycles. The third-order valence-electron chi connectivity index (χ3n) is 11.6. The van der Waals surface area contributed by atoms with Crippen LogP contribution in [0.4, 0.5) is 0 Å². The molecule has 278 valence electrons. The monoisotopic (exact) mass is 739 g/mol. The van der Waals surface area contributed by atoms with E-state index in [9.17, 15) is 22.8 Å². The number of nitrogens with one attached hydrogen (secondary N) is 2. The van der Waals surface area contributed by atoms with Crippen molar-refractivity contribution in [2.45, 2.75) is 68.5 Å². The summed E-state index contributed by atoms with van der Waals surface area (Å²) < 4.78 is 42.0. The van der Waals surface area contributed by atoms with Crippen LogP contribution in [0.15, 0.2) is 66.7 Å². The molecule has 0 spiro atoms. The number of ether oxygens (including phenoxy) is 2. The van der Waals surface area contributed by atoms with Gasteiger partial charge in [-0.25, -0.2) is 4.72 Å². The van der Waals surface area contributed by atoms with E-state index in [1.54, 1.807) is 24.1 Å².